The van der Waals surface area contributed by atoms with Gasteiger partial charge in [-0.15, -0.1) is 0 Å². The highest BCUT2D eigenvalue weighted by molar-refractivity contribution is 6.30. The van der Waals surface area contributed by atoms with Crippen LogP contribution in [0.2, 0.25) is 5.02 Å². The maximum Gasteiger partial charge on any atom is 0.222 e. The van der Waals surface area contributed by atoms with Crippen molar-refractivity contribution in [3.8, 4) is 5.75 Å². The van der Waals surface area contributed by atoms with Crippen LogP contribution in [0.3, 0.4) is 0 Å². The quantitative estimate of drug-likeness (QED) is 0.202. The summed E-state index contributed by atoms with van der Waals surface area (Å²) in [6, 6.07) is 13.9. The number of carbonyl (C=O) groups is 1. The molecule has 0 atom stereocenters. The lowest BCUT2D eigenvalue weighted by molar-refractivity contribution is -0.131. The number of nitrogens with zero attached hydrogens (tertiary/aromatic N) is 1. The first kappa shape index (κ1) is 27.1. The SMILES string of the molecule is CCCCCCCCCCCC(=O)N(CCc1c[nH]c2ccc(OC)cc12)Cc1ccc(Cl)cc1. The highest BCUT2D eigenvalue weighted by atomic mass is 35.5. The van der Waals surface area contributed by atoms with Crippen LogP contribution in [-0.2, 0) is 17.8 Å². The van der Waals surface area contributed by atoms with Crippen molar-refractivity contribution in [3.63, 3.8) is 0 Å². The number of hydrogen-bond acceptors (Lipinski definition) is 2. The Morgan fingerprint density at radius 2 is 1.63 bits per heavy atom. The fourth-order valence-electron chi connectivity index (χ4n) is 4.59. The first-order valence-corrected chi connectivity index (χ1v) is 13.6. The second-order valence-electron chi connectivity index (χ2n) is 9.50. The number of ether oxygens (including phenoxy) is 1. The van der Waals surface area contributed by atoms with Crippen molar-refractivity contribution in [1.29, 1.82) is 0 Å². The molecule has 0 fully saturated rings. The zero-order chi connectivity index (χ0) is 24.9. The molecule has 190 valence electrons. The van der Waals surface area contributed by atoms with Gasteiger partial charge in [-0.05, 0) is 54.3 Å². The topological polar surface area (TPSA) is 45.3 Å². The van der Waals surface area contributed by atoms with Crippen LogP contribution in [0.25, 0.3) is 10.9 Å². The van der Waals surface area contributed by atoms with Gasteiger partial charge in [-0.3, -0.25) is 4.79 Å². The van der Waals surface area contributed by atoms with Crippen LogP contribution in [-0.4, -0.2) is 29.4 Å². The van der Waals surface area contributed by atoms with Gasteiger partial charge < -0.3 is 14.6 Å². The van der Waals surface area contributed by atoms with E-state index in [4.69, 9.17) is 16.3 Å². The Kier molecular flexibility index (Phi) is 11.5. The van der Waals surface area contributed by atoms with E-state index in [2.05, 4.69) is 24.2 Å². The number of H-pyrrole nitrogens is 1. The van der Waals surface area contributed by atoms with Gasteiger partial charge in [0.05, 0.1) is 7.11 Å². The maximum absolute atomic E-state index is 13.2. The average molecular weight is 497 g/mol. The molecule has 0 unspecified atom stereocenters. The summed E-state index contributed by atoms with van der Waals surface area (Å²) in [5.74, 6) is 1.08. The summed E-state index contributed by atoms with van der Waals surface area (Å²) in [4.78, 5) is 18.6. The number of unbranched alkanes of at least 4 members (excludes halogenated alkanes) is 8. The van der Waals surface area contributed by atoms with E-state index in [1.165, 1.54) is 50.5 Å². The molecule has 35 heavy (non-hydrogen) atoms. The fraction of sp³-hybridized carbons (Fsp3) is 0.500. The van der Waals surface area contributed by atoms with E-state index in [9.17, 15) is 4.79 Å². The number of rotatable bonds is 16. The van der Waals surface area contributed by atoms with E-state index in [-0.39, 0.29) is 5.91 Å². The lowest BCUT2D eigenvalue weighted by Crippen LogP contribution is -2.32. The molecule has 1 aromatic heterocycles. The normalized spacial score (nSPS) is 11.2. The van der Waals surface area contributed by atoms with Crippen molar-refractivity contribution in [2.24, 2.45) is 0 Å². The van der Waals surface area contributed by atoms with Gasteiger partial charge in [0.15, 0.2) is 0 Å². The van der Waals surface area contributed by atoms with Gasteiger partial charge >= 0.3 is 0 Å². The van der Waals surface area contributed by atoms with Crippen molar-refractivity contribution in [2.45, 2.75) is 84.1 Å². The number of nitrogens with one attached hydrogen (secondary N) is 1. The third-order valence-electron chi connectivity index (χ3n) is 6.76. The number of aromatic amines is 1. The molecule has 1 N–H and O–H groups in total. The van der Waals surface area contributed by atoms with Crippen LogP contribution in [0, 0.1) is 0 Å². The van der Waals surface area contributed by atoms with Crippen LogP contribution in [0.4, 0.5) is 0 Å². The number of hydrogen-bond donors (Lipinski definition) is 1. The van der Waals surface area contributed by atoms with Crippen LogP contribution in [0.15, 0.2) is 48.7 Å². The summed E-state index contributed by atoms with van der Waals surface area (Å²) in [5.41, 5.74) is 3.40. The molecule has 0 aliphatic heterocycles. The number of fused-ring (bicyclic) bond motifs is 1. The summed E-state index contributed by atoms with van der Waals surface area (Å²) in [6.45, 7) is 3.55. The Balaban J connectivity index is 1.55. The van der Waals surface area contributed by atoms with Gasteiger partial charge in [-0.1, -0.05) is 82.0 Å². The van der Waals surface area contributed by atoms with E-state index < -0.39 is 0 Å². The lowest BCUT2D eigenvalue weighted by Gasteiger charge is -2.23. The summed E-state index contributed by atoms with van der Waals surface area (Å²) >= 11 is 6.07. The number of carbonyl (C=O) groups excluding carboxylic acids is 1. The van der Waals surface area contributed by atoms with Gasteiger partial charge in [-0.25, -0.2) is 0 Å². The monoisotopic (exact) mass is 496 g/mol. The first-order valence-electron chi connectivity index (χ1n) is 13.3. The van der Waals surface area contributed by atoms with Crippen molar-refractivity contribution >= 4 is 28.4 Å². The largest absolute Gasteiger partial charge is 0.497 e. The minimum absolute atomic E-state index is 0.236. The van der Waals surface area contributed by atoms with Crippen LogP contribution in [0.1, 0.15) is 82.3 Å². The Bertz CT molecular complexity index is 1030. The summed E-state index contributed by atoms with van der Waals surface area (Å²) in [7, 11) is 1.69. The molecular weight excluding hydrogens is 456 g/mol. The molecule has 0 saturated carbocycles. The third kappa shape index (κ3) is 8.92. The summed E-state index contributed by atoms with van der Waals surface area (Å²) < 4.78 is 5.41. The molecule has 3 rings (SSSR count). The molecule has 3 aromatic rings. The average Bonchev–Trinajstić information content (AvgIpc) is 3.28. The van der Waals surface area contributed by atoms with E-state index >= 15 is 0 Å². The Hall–Kier alpha value is -2.46. The van der Waals surface area contributed by atoms with Gasteiger partial charge in [0.25, 0.3) is 0 Å². The van der Waals surface area contributed by atoms with Crippen LogP contribution >= 0.6 is 11.6 Å². The predicted molar refractivity (Wildman–Crippen MR) is 147 cm³/mol. The van der Waals surface area contributed by atoms with Crippen molar-refractivity contribution in [2.75, 3.05) is 13.7 Å². The number of amides is 1. The number of methoxy groups -OCH3 is 1. The molecule has 0 aliphatic carbocycles. The molecule has 0 aliphatic rings. The summed E-state index contributed by atoms with van der Waals surface area (Å²) in [5, 5.41) is 1.87. The first-order chi connectivity index (χ1) is 17.1. The molecule has 1 heterocycles. The third-order valence-corrected chi connectivity index (χ3v) is 7.01. The Morgan fingerprint density at radius 3 is 2.31 bits per heavy atom. The highest BCUT2D eigenvalue weighted by Gasteiger charge is 2.15. The zero-order valence-electron chi connectivity index (χ0n) is 21.5. The Morgan fingerprint density at radius 1 is 0.943 bits per heavy atom. The van der Waals surface area contributed by atoms with Gasteiger partial charge in [0.2, 0.25) is 5.91 Å². The van der Waals surface area contributed by atoms with E-state index in [1.54, 1.807) is 7.11 Å². The van der Waals surface area contributed by atoms with Crippen LogP contribution in [0.5, 0.6) is 5.75 Å². The Labute approximate surface area is 216 Å². The smallest absolute Gasteiger partial charge is 0.222 e. The molecule has 4 nitrogen and oxygen atoms in total. The molecule has 0 radical (unpaired) electrons. The number of halogens is 1. The van der Waals surface area contributed by atoms with Crippen molar-refractivity contribution in [3.05, 3.63) is 64.8 Å². The molecule has 0 spiro atoms. The zero-order valence-corrected chi connectivity index (χ0v) is 22.2. The molecule has 0 bridgehead atoms. The minimum Gasteiger partial charge on any atom is -0.497 e. The fourth-order valence-corrected chi connectivity index (χ4v) is 4.72. The molecule has 1 amide bonds. The minimum atomic E-state index is 0.236. The second kappa shape index (κ2) is 14.8. The second-order valence-corrected chi connectivity index (χ2v) is 9.93. The predicted octanol–water partition coefficient (Wildman–Crippen LogP) is 8.32. The van der Waals surface area contributed by atoms with Crippen molar-refractivity contribution < 1.29 is 9.53 Å². The standard InChI is InChI=1S/C30H41ClN2O2/c1-3-4-5-6-7-8-9-10-11-12-30(34)33(23-24-13-15-26(31)16-14-24)20-19-25-22-32-29-18-17-27(35-2)21-28(25)29/h13-18,21-22,32H,3-12,19-20,23H2,1-2H3. The number of benzene rings is 2. The lowest BCUT2D eigenvalue weighted by atomic mass is 10.1. The molecule has 2 aromatic carbocycles. The highest BCUT2D eigenvalue weighted by Crippen LogP contribution is 2.24. The molecular formula is C30H41ClN2O2. The molecule has 5 heteroatoms. The van der Waals surface area contributed by atoms with E-state index in [0.29, 0.717) is 24.5 Å². The van der Waals surface area contributed by atoms with E-state index in [0.717, 1.165) is 41.5 Å². The van der Waals surface area contributed by atoms with Gasteiger partial charge in [-0.2, -0.15) is 0 Å². The number of aromatic nitrogens is 1. The van der Waals surface area contributed by atoms with Crippen molar-refractivity contribution in [1.82, 2.24) is 9.88 Å². The maximum atomic E-state index is 13.2. The summed E-state index contributed by atoms with van der Waals surface area (Å²) in [6.07, 6.45) is 14.8. The van der Waals surface area contributed by atoms with Crippen LogP contribution < -0.4 is 4.74 Å². The van der Waals surface area contributed by atoms with Gasteiger partial charge in [0, 0.05) is 41.6 Å². The van der Waals surface area contributed by atoms with E-state index in [1.807, 2.05) is 41.3 Å². The molecule has 0 saturated heterocycles. The van der Waals surface area contributed by atoms with Gasteiger partial charge in [0.1, 0.15) is 5.75 Å².